The second-order valence-electron chi connectivity index (χ2n) is 2.60. The van der Waals surface area contributed by atoms with Gasteiger partial charge in [0.15, 0.2) is 0 Å². The van der Waals surface area contributed by atoms with Gasteiger partial charge in [-0.05, 0) is 18.2 Å². The van der Waals surface area contributed by atoms with Crippen molar-refractivity contribution in [3.63, 3.8) is 0 Å². The molecule has 1 heterocycles. The van der Waals surface area contributed by atoms with Gasteiger partial charge in [0.25, 0.3) is 0 Å². The minimum atomic E-state index is 0.221. The molecule has 0 aliphatic heterocycles. The lowest BCUT2D eigenvalue weighted by atomic mass is 10.2. The minimum Gasteiger partial charge on any atom is -0.507 e. The van der Waals surface area contributed by atoms with Crippen LogP contribution in [0, 0.1) is 0 Å². The third kappa shape index (κ3) is 1.58. The van der Waals surface area contributed by atoms with E-state index in [0.29, 0.717) is 11.4 Å². The molecule has 0 bridgehead atoms. The standard InChI is InChI=1S/C9H7BrN2O/c10-6-1-2-8(13)7(5-6)9-11-3-4-12-9/h1-5,13H,(H,11,12). The van der Waals surface area contributed by atoms with Crippen LogP contribution >= 0.6 is 15.9 Å². The largest absolute Gasteiger partial charge is 0.507 e. The fourth-order valence-electron chi connectivity index (χ4n) is 1.11. The van der Waals surface area contributed by atoms with E-state index in [0.717, 1.165) is 4.47 Å². The maximum atomic E-state index is 9.53. The van der Waals surface area contributed by atoms with Gasteiger partial charge in [-0.1, -0.05) is 15.9 Å². The lowest BCUT2D eigenvalue weighted by Crippen LogP contribution is -1.81. The first-order valence-electron chi connectivity index (χ1n) is 3.75. The van der Waals surface area contributed by atoms with E-state index in [-0.39, 0.29) is 5.75 Å². The molecule has 0 unspecified atom stereocenters. The van der Waals surface area contributed by atoms with E-state index >= 15 is 0 Å². The Hall–Kier alpha value is -1.29. The number of rotatable bonds is 1. The number of aromatic hydroxyl groups is 1. The number of phenols is 1. The molecule has 1 aromatic heterocycles. The lowest BCUT2D eigenvalue weighted by Gasteiger charge is -2.00. The molecule has 0 saturated heterocycles. The van der Waals surface area contributed by atoms with Crippen molar-refractivity contribution in [2.24, 2.45) is 0 Å². The molecule has 0 radical (unpaired) electrons. The summed E-state index contributed by atoms with van der Waals surface area (Å²) >= 11 is 3.33. The number of aromatic nitrogens is 2. The van der Waals surface area contributed by atoms with E-state index < -0.39 is 0 Å². The maximum Gasteiger partial charge on any atom is 0.141 e. The number of hydrogen-bond acceptors (Lipinski definition) is 2. The van der Waals surface area contributed by atoms with E-state index in [2.05, 4.69) is 25.9 Å². The smallest absolute Gasteiger partial charge is 0.141 e. The Kier molecular flexibility index (Phi) is 2.06. The second kappa shape index (κ2) is 3.22. The van der Waals surface area contributed by atoms with Crippen LogP contribution in [0.3, 0.4) is 0 Å². The highest BCUT2D eigenvalue weighted by molar-refractivity contribution is 9.10. The normalized spacial score (nSPS) is 10.2. The van der Waals surface area contributed by atoms with Crippen molar-refractivity contribution in [2.45, 2.75) is 0 Å². The monoisotopic (exact) mass is 238 g/mol. The number of nitrogens with zero attached hydrogens (tertiary/aromatic N) is 1. The predicted molar refractivity (Wildman–Crippen MR) is 53.4 cm³/mol. The molecule has 13 heavy (non-hydrogen) atoms. The highest BCUT2D eigenvalue weighted by Gasteiger charge is 2.05. The van der Waals surface area contributed by atoms with Crippen molar-refractivity contribution in [2.75, 3.05) is 0 Å². The van der Waals surface area contributed by atoms with Gasteiger partial charge in [0.2, 0.25) is 0 Å². The first-order chi connectivity index (χ1) is 6.27. The summed E-state index contributed by atoms with van der Waals surface area (Å²) in [6.07, 6.45) is 3.37. The molecule has 2 N–H and O–H groups in total. The number of nitrogens with one attached hydrogen (secondary N) is 1. The van der Waals surface area contributed by atoms with Gasteiger partial charge in [-0.15, -0.1) is 0 Å². The molecule has 0 atom stereocenters. The summed E-state index contributed by atoms with van der Waals surface area (Å²) in [5, 5.41) is 9.53. The first kappa shape index (κ1) is 8.31. The average molecular weight is 239 g/mol. The molecule has 0 spiro atoms. The Morgan fingerprint density at radius 1 is 1.38 bits per heavy atom. The molecule has 4 heteroatoms. The van der Waals surface area contributed by atoms with E-state index in [1.54, 1.807) is 24.5 Å². The summed E-state index contributed by atoms with van der Waals surface area (Å²) < 4.78 is 0.914. The molecule has 66 valence electrons. The summed E-state index contributed by atoms with van der Waals surface area (Å²) in [6.45, 7) is 0. The van der Waals surface area contributed by atoms with Crippen LogP contribution in [0.2, 0.25) is 0 Å². The van der Waals surface area contributed by atoms with Crippen LogP contribution in [-0.4, -0.2) is 15.1 Å². The van der Waals surface area contributed by atoms with Crippen LogP contribution in [0.5, 0.6) is 5.75 Å². The van der Waals surface area contributed by atoms with Crippen molar-refractivity contribution < 1.29 is 5.11 Å². The summed E-state index contributed by atoms with van der Waals surface area (Å²) in [7, 11) is 0. The van der Waals surface area contributed by atoms with Gasteiger partial charge in [-0.2, -0.15) is 0 Å². The molecule has 0 saturated carbocycles. The van der Waals surface area contributed by atoms with Crippen LogP contribution < -0.4 is 0 Å². The van der Waals surface area contributed by atoms with Gasteiger partial charge in [-0.25, -0.2) is 4.98 Å². The molecule has 0 aliphatic carbocycles. The fourth-order valence-corrected chi connectivity index (χ4v) is 1.47. The molecular weight excluding hydrogens is 232 g/mol. The third-order valence-electron chi connectivity index (χ3n) is 1.71. The van der Waals surface area contributed by atoms with E-state index in [9.17, 15) is 5.11 Å². The van der Waals surface area contributed by atoms with Crippen LogP contribution in [0.1, 0.15) is 0 Å². The highest BCUT2D eigenvalue weighted by atomic mass is 79.9. The SMILES string of the molecule is Oc1ccc(Br)cc1-c1ncc[nH]1. The van der Waals surface area contributed by atoms with Gasteiger partial charge in [0, 0.05) is 16.9 Å². The molecule has 0 fully saturated rings. The third-order valence-corrected chi connectivity index (χ3v) is 2.21. The van der Waals surface area contributed by atoms with Crippen LogP contribution in [-0.2, 0) is 0 Å². The lowest BCUT2D eigenvalue weighted by molar-refractivity contribution is 0.477. The highest BCUT2D eigenvalue weighted by Crippen LogP contribution is 2.28. The number of aromatic amines is 1. The van der Waals surface area contributed by atoms with Gasteiger partial charge in [-0.3, -0.25) is 0 Å². The van der Waals surface area contributed by atoms with Crippen molar-refractivity contribution in [3.05, 3.63) is 35.1 Å². The van der Waals surface area contributed by atoms with Gasteiger partial charge < -0.3 is 10.1 Å². The maximum absolute atomic E-state index is 9.53. The Bertz CT molecular complexity index is 412. The van der Waals surface area contributed by atoms with Gasteiger partial charge >= 0.3 is 0 Å². The zero-order chi connectivity index (χ0) is 9.26. The molecule has 3 nitrogen and oxygen atoms in total. The van der Waals surface area contributed by atoms with Crippen molar-refractivity contribution in [1.82, 2.24) is 9.97 Å². The number of imidazole rings is 1. The topological polar surface area (TPSA) is 48.9 Å². The molecule has 0 aliphatic rings. The Morgan fingerprint density at radius 2 is 2.23 bits per heavy atom. The minimum absolute atomic E-state index is 0.221. The number of benzene rings is 1. The molecular formula is C9H7BrN2O. The van der Waals surface area contributed by atoms with E-state index in [4.69, 9.17) is 0 Å². The predicted octanol–water partition coefficient (Wildman–Crippen LogP) is 2.54. The molecule has 2 aromatic rings. The van der Waals surface area contributed by atoms with Crippen molar-refractivity contribution >= 4 is 15.9 Å². The molecule has 0 amide bonds. The molecule has 2 rings (SSSR count). The zero-order valence-corrected chi connectivity index (χ0v) is 8.25. The van der Waals surface area contributed by atoms with Crippen LogP contribution in [0.15, 0.2) is 35.1 Å². The van der Waals surface area contributed by atoms with Gasteiger partial charge in [0.1, 0.15) is 11.6 Å². The molecule has 1 aromatic carbocycles. The van der Waals surface area contributed by atoms with Crippen molar-refractivity contribution in [1.29, 1.82) is 0 Å². The number of phenolic OH excluding ortho intramolecular Hbond substituents is 1. The summed E-state index contributed by atoms with van der Waals surface area (Å²) in [5.41, 5.74) is 0.694. The van der Waals surface area contributed by atoms with Crippen LogP contribution in [0.25, 0.3) is 11.4 Å². The Balaban J connectivity index is 2.57. The number of H-pyrrole nitrogens is 1. The van der Waals surface area contributed by atoms with Crippen molar-refractivity contribution in [3.8, 4) is 17.1 Å². The fraction of sp³-hybridized carbons (Fsp3) is 0. The van der Waals surface area contributed by atoms with Crippen LogP contribution in [0.4, 0.5) is 0 Å². The quantitative estimate of drug-likeness (QED) is 0.803. The Labute approximate surface area is 83.6 Å². The Morgan fingerprint density at radius 3 is 2.92 bits per heavy atom. The van der Waals surface area contributed by atoms with E-state index in [1.807, 2.05) is 6.07 Å². The number of hydrogen-bond donors (Lipinski definition) is 2. The summed E-state index contributed by atoms with van der Waals surface area (Å²) in [4.78, 5) is 6.98. The van der Waals surface area contributed by atoms with Gasteiger partial charge in [0.05, 0.1) is 5.56 Å². The zero-order valence-electron chi connectivity index (χ0n) is 6.66. The number of halogens is 1. The summed E-state index contributed by atoms with van der Waals surface area (Å²) in [6, 6.07) is 5.22. The second-order valence-corrected chi connectivity index (χ2v) is 3.51. The average Bonchev–Trinajstić information content (AvgIpc) is 2.61. The summed E-state index contributed by atoms with van der Waals surface area (Å²) in [5.74, 6) is 0.886. The van der Waals surface area contributed by atoms with E-state index in [1.165, 1.54) is 0 Å². The first-order valence-corrected chi connectivity index (χ1v) is 4.55.